The molecule has 0 aliphatic carbocycles. The van der Waals surface area contributed by atoms with E-state index >= 15 is 0 Å². The lowest BCUT2D eigenvalue weighted by Gasteiger charge is -2.11. The highest BCUT2D eigenvalue weighted by Crippen LogP contribution is 2.30. The number of para-hydroxylation sites is 1. The summed E-state index contributed by atoms with van der Waals surface area (Å²) in [7, 11) is 0. The Labute approximate surface area is 170 Å². The molecule has 0 unspecified atom stereocenters. The second kappa shape index (κ2) is 8.77. The number of ether oxygens (including phenoxy) is 2. The van der Waals surface area contributed by atoms with Crippen molar-refractivity contribution < 1.29 is 14.3 Å². The zero-order chi connectivity index (χ0) is 18.5. The molecule has 0 radical (unpaired) electrons. The Morgan fingerprint density at radius 3 is 2.50 bits per heavy atom. The van der Waals surface area contributed by atoms with E-state index in [0.29, 0.717) is 44.0 Å². The molecule has 26 heavy (non-hydrogen) atoms. The molecule has 4 nitrogen and oxygen atoms in total. The Bertz CT molecular complexity index is 886. The van der Waals surface area contributed by atoms with Gasteiger partial charge in [0.05, 0.1) is 9.93 Å². The Morgan fingerprint density at radius 1 is 1.08 bits per heavy atom. The molecule has 0 bridgehead atoms. The SMILES string of the molecule is O=C1NC(=S)S/C1=C\c1ccccc1OCCOc1ccc(Cl)cc1Cl. The van der Waals surface area contributed by atoms with Crippen molar-refractivity contribution in [2.45, 2.75) is 0 Å². The van der Waals surface area contributed by atoms with Crippen LogP contribution in [0.1, 0.15) is 5.56 Å². The fourth-order valence-electron chi connectivity index (χ4n) is 2.19. The molecule has 0 saturated carbocycles. The average Bonchev–Trinajstić information content (AvgIpc) is 2.92. The van der Waals surface area contributed by atoms with Crippen LogP contribution < -0.4 is 14.8 Å². The van der Waals surface area contributed by atoms with E-state index in [0.717, 1.165) is 5.56 Å². The second-order valence-corrected chi connectivity index (χ2v) is 7.72. The number of amides is 1. The average molecular weight is 426 g/mol. The van der Waals surface area contributed by atoms with E-state index in [-0.39, 0.29) is 5.91 Å². The maximum Gasteiger partial charge on any atom is 0.263 e. The van der Waals surface area contributed by atoms with Crippen LogP contribution in [0.3, 0.4) is 0 Å². The summed E-state index contributed by atoms with van der Waals surface area (Å²) < 4.78 is 11.8. The van der Waals surface area contributed by atoms with Crippen LogP contribution >= 0.6 is 47.2 Å². The fourth-order valence-corrected chi connectivity index (χ4v) is 3.69. The van der Waals surface area contributed by atoms with Crippen LogP contribution in [0.4, 0.5) is 0 Å². The number of carbonyl (C=O) groups excluding carboxylic acids is 1. The number of halogens is 2. The maximum absolute atomic E-state index is 11.8. The van der Waals surface area contributed by atoms with Gasteiger partial charge in [0.15, 0.2) is 0 Å². The summed E-state index contributed by atoms with van der Waals surface area (Å²) in [4.78, 5) is 12.3. The van der Waals surface area contributed by atoms with Gasteiger partial charge < -0.3 is 14.8 Å². The number of carbonyl (C=O) groups is 1. The van der Waals surface area contributed by atoms with Gasteiger partial charge in [-0.05, 0) is 30.3 Å². The van der Waals surface area contributed by atoms with Crippen molar-refractivity contribution in [2.24, 2.45) is 0 Å². The van der Waals surface area contributed by atoms with Gasteiger partial charge in [-0.3, -0.25) is 4.79 Å². The summed E-state index contributed by atoms with van der Waals surface area (Å²) in [6, 6.07) is 12.5. The highest BCUT2D eigenvalue weighted by Gasteiger charge is 2.22. The topological polar surface area (TPSA) is 47.6 Å². The van der Waals surface area contributed by atoms with E-state index in [4.69, 9.17) is 44.9 Å². The minimum absolute atomic E-state index is 0.199. The number of hydrogen-bond acceptors (Lipinski definition) is 5. The Kier molecular flexibility index (Phi) is 6.43. The van der Waals surface area contributed by atoms with E-state index in [1.807, 2.05) is 24.3 Å². The van der Waals surface area contributed by atoms with Crippen molar-refractivity contribution in [3.8, 4) is 11.5 Å². The molecule has 2 aromatic carbocycles. The first-order chi connectivity index (χ1) is 12.5. The quantitative estimate of drug-likeness (QED) is 0.403. The summed E-state index contributed by atoms with van der Waals surface area (Å²) in [6.45, 7) is 0.627. The van der Waals surface area contributed by atoms with Gasteiger partial charge in [-0.25, -0.2) is 0 Å². The van der Waals surface area contributed by atoms with Crippen LogP contribution in [-0.2, 0) is 4.79 Å². The number of rotatable bonds is 6. The number of thioether (sulfide) groups is 1. The van der Waals surface area contributed by atoms with Crippen molar-refractivity contribution in [2.75, 3.05) is 13.2 Å². The van der Waals surface area contributed by atoms with E-state index in [1.54, 1.807) is 24.3 Å². The summed E-state index contributed by atoms with van der Waals surface area (Å²) in [5, 5.41) is 3.59. The lowest BCUT2D eigenvalue weighted by atomic mass is 10.2. The highest BCUT2D eigenvalue weighted by atomic mass is 35.5. The summed E-state index contributed by atoms with van der Waals surface area (Å²) >= 11 is 18.1. The molecule has 0 aromatic heterocycles. The molecule has 134 valence electrons. The predicted molar refractivity (Wildman–Crippen MR) is 110 cm³/mol. The van der Waals surface area contributed by atoms with Gasteiger partial charge in [-0.2, -0.15) is 0 Å². The van der Waals surface area contributed by atoms with Crippen LogP contribution in [-0.4, -0.2) is 23.4 Å². The summed E-state index contributed by atoms with van der Waals surface area (Å²) in [6.07, 6.45) is 1.76. The van der Waals surface area contributed by atoms with Gasteiger partial charge in [0.1, 0.15) is 29.0 Å². The van der Waals surface area contributed by atoms with Gasteiger partial charge in [0.2, 0.25) is 0 Å². The normalized spacial score (nSPS) is 15.2. The highest BCUT2D eigenvalue weighted by molar-refractivity contribution is 8.26. The van der Waals surface area contributed by atoms with Gasteiger partial charge in [-0.15, -0.1) is 0 Å². The molecule has 2 aromatic rings. The van der Waals surface area contributed by atoms with Crippen LogP contribution in [0.2, 0.25) is 10.0 Å². The molecule has 0 spiro atoms. The lowest BCUT2D eigenvalue weighted by molar-refractivity contribution is -0.115. The van der Waals surface area contributed by atoms with Crippen molar-refractivity contribution in [1.82, 2.24) is 5.32 Å². The van der Waals surface area contributed by atoms with Crippen LogP contribution in [0.15, 0.2) is 47.4 Å². The third-order valence-corrected chi connectivity index (χ3v) is 5.03. The molecule has 1 heterocycles. The molecule has 3 rings (SSSR count). The van der Waals surface area contributed by atoms with Gasteiger partial charge in [-0.1, -0.05) is 65.4 Å². The van der Waals surface area contributed by atoms with Gasteiger partial charge >= 0.3 is 0 Å². The first-order valence-corrected chi connectivity index (χ1v) is 9.55. The van der Waals surface area contributed by atoms with Crippen LogP contribution in [0, 0.1) is 0 Å². The van der Waals surface area contributed by atoms with Gasteiger partial charge in [0, 0.05) is 10.6 Å². The summed E-state index contributed by atoms with van der Waals surface area (Å²) in [5.41, 5.74) is 0.791. The minimum atomic E-state index is -0.199. The molecule has 0 atom stereocenters. The Hall–Kier alpha value is -1.73. The number of hydrogen-bond donors (Lipinski definition) is 1. The first-order valence-electron chi connectivity index (χ1n) is 7.57. The third-order valence-electron chi connectivity index (χ3n) is 3.34. The fraction of sp³-hybridized carbons (Fsp3) is 0.111. The van der Waals surface area contributed by atoms with Gasteiger partial charge in [0.25, 0.3) is 5.91 Å². The molecule has 1 fully saturated rings. The van der Waals surface area contributed by atoms with Crippen molar-refractivity contribution in [3.05, 3.63) is 63.0 Å². The van der Waals surface area contributed by atoms with Crippen molar-refractivity contribution in [1.29, 1.82) is 0 Å². The summed E-state index contributed by atoms with van der Waals surface area (Å²) in [5.74, 6) is 0.996. The molecule has 1 N–H and O–H groups in total. The second-order valence-electron chi connectivity index (χ2n) is 5.16. The number of thiocarbonyl (C=S) groups is 1. The third kappa shape index (κ3) is 4.92. The standard InChI is InChI=1S/C18H13Cl2NO3S2/c19-12-5-6-15(13(20)10-12)24-8-7-23-14-4-2-1-3-11(14)9-16-17(22)21-18(25)26-16/h1-6,9-10H,7-8H2,(H,21,22,25)/b16-9-. The number of nitrogens with one attached hydrogen (secondary N) is 1. The predicted octanol–water partition coefficient (Wildman–Crippen LogP) is 4.94. The van der Waals surface area contributed by atoms with E-state index < -0.39 is 0 Å². The maximum atomic E-state index is 11.8. The molecule has 1 aliphatic heterocycles. The van der Waals surface area contributed by atoms with E-state index in [1.165, 1.54) is 11.8 Å². The largest absolute Gasteiger partial charge is 0.489 e. The Morgan fingerprint density at radius 2 is 1.81 bits per heavy atom. The zero-order valence-electron chi connectivity index (χ0n) is 13.3. The molecule has 1 amide bonds. The minimum Gasteiger partial charge on any atom is -0.489 e. The molecular formula is C18H13Cl2NO3S2. The van der Waals surface area contributed by atoms with Crippen LogP contribution in [0.25, 0.3) is 6.08 Å². The number of benzene rings is 2. The molecule has 1 aliphatic rings. The van der Waals surface area contributed by atoms with E-state index in [2.05, 4.69) is 5.32 Å². The van der Waals surface area contributed by atoms with E-state index in [9.17, 15) is 4.79 Å². The van der Waals surface area contributed by atoms with Crippen molar-refractivity contribution in [3.63, 3.8) is 0 Å². The molecule has 1 saturated heterocycles. The monoisotopic (exact) mass is 425 g/mol. The molecular weight excluding hydrogens is 413 g/mol. The Balaban J connectivity index is 1.61. The first kappa shape index (κ1) is 19.0. The van der Waals surface area contributed by atoms with Crippen LogP contribution in [0.5, 0.6) is 11.5 Å². The smallest absolute Gasteiger partial charge is 0.263 e. The molecule has 8 heteroatoms. The van der Waals surface area contributed by atoms with Crippen molar-refractivity contribution >= 4 is 63.5 Å². The zero-order valence-corrected chi connectivity index (χ0v) is 16.5. The lowest BCUT2D eigenvalue weighted by Crippen LogP contribution is -2.17.